The Morgan fingerprint density at radius 1 is 1.32 bits per heavy atom. The molecule has 0 amide bonds. The number of rotatable bonds is 3. The van der Waals surface area contributed by atoms with Crippen LogP contribution in [0.1, 0.15) is 25.7 Å². The van der Waals surface area contributed by atoms with E-state index in [1.807, 2.05) is 0 Å². The summed E-state index contributed by atoms with van der Waals surface area (Å²) in [5, 5.41) is 3.35. The molecule has 4 heteroatoms. The first-order valence-electron chi connectivity index (χ1n) is 7.10. The topological polar surface area (TPSA) is 24.5 Å². The van der Waals surface area contributed by atoms with Crippen LogP contribution >= 0.6 is 0 Å². The maximum absolute atomic E-state index is 13.8. The lowest BCUT2D eigenvalue weighted by atomic mass is 9.97. The second-order valence-electron chi connectivity index (χ2n) is 5.54. The van der Waals surface area contributed by atoms with E-state index in [9.17, 15) is 4.39 Å². The lowest BCUT2D eigenvalue weighted by Crippen LogP contribution is -2.42. The van der Waals surface area contributed by atoms with Gasteiger partial charge < -0.3 is 15.0 Å². The summed E-state index contributed by atoms with van der Waals surface area (Å²) in [6.45, 7) is 2.37. The quantitative estimate of drug-likeness (QED) is 0.908. The fourth-order valence-electron chi connectivity index (χ4n) is 3.32. The minimum atomic E-state index is -0.199. The molecule has 0 spiro atoms. The molecule has 0 aromatic heterocycles. The Kier molecular flexibility index (Phi) is 3.60. The van der Waals surface area contributed by atoms with Gasteiger partial charge in [0.25, 0.3) is 0 Å². The lowest BCUT2D eigenvalue weighted by Gasteiger charge is -2.35. The van der Waals surface area contributed by atoms with Crippen molar-refractivity contribution in [3.05, 3.63) is 24.0 Å². The summed E-state index contributed by atoms with van der Waals surface area (Å²) in [5.74, 6) is 0.497. The Balaban J connectivity index is 1.68. The van der Waals surface area contributed by atoms with Crippen molar-refractivity contribution in [3.63, 3.8) is 0 Å². The van der Waals surface area contributed by atoms with Crippen molar-refractivity contribution in [2.24, 2.45) is 0 Å². The number of fused-ring (bicyclic) bond motifs is 1. The Morgan fingerprint density at radius 3 is 3.05 bits per heavy atom. The highest BCUT2D eigenvalue weighted by Crippen LogP contribution is 2.30. The third kappa shape index (κ3) is 2.68. The van der Waals surface area contributed by atoms with Crippen molar-refractivity contribution in [2.45, 2.75) is 37.8 Å². The van der Waals surface area contributed by atoms with Gasteiger partial charge in [-0.3, -0.25) is 0 Å². The number of ether oxygens (including phenoxy) is 1. The van der Waals surface area contributed by atoms with Crippen molar-refractivity contribution >= 4 is 5.69 Å². The third-order valence-electron chi connectivity index (χ3n) is 4.35. The molecular weight excluding hydrogens is 243 g/mol. The van der Waals surface area contributed by atoms with E-state index in [-0.39, 0.29) is 5.82 Å². The summed E-state index contributed by atoms with van der Waals surface area (Å²) in [5.41, 5.74) is 0.566. The predicted octanol–water partition coefficient (Wildman–Crippen LogP) is 2.87. The van der Waals surface area contributed by atoms with Crippen LogP contribution in [0.5, 0.6) is 5.75 Å². The molecule has 0 radical (unpaired) electrons. The molecule has 0 bridgehead atoms. The largest absolute Gasteiger partial charge is 0.497 e. The average Bonchev–Trinajstić information content (AvgIpc) is 2.89. The van der Waals surface area contributed by atoms with Crippen LogP contribution < -0.4 is 10.1 Å². The van der Waals surface area contributed by atoms with Crippen LogP contribution in [0.3, 0.4) is 0 Å². The predicted molar refractivity (Wildman–Crippen MR) is 74.2 cm³/mol. The molecule has 2 atom stereocenters. The molecule has 0 aliphatic carbocycles. The van der Waals surface area contributed by atoms with Crippen LogP contribution in [0.25, 0.3) is 0 Å². The van der Waals surface area contributed by atoms with Gasteiger partial charge in [0.1, 0.15) is 11.6 Å². The zero-order chi connectivity index (χ0) is 13.2. The van der Waals surface area contributed by atoms with Crippen molar-refractivity contribution in [1.29, 1.82) is 0 Å². The Bertz CT molecular complexity index is 452. The summed E-state index contributed by atoms with van der Waals surface area (Å²) < 4.78 is 19.0. The molecular formula is C15H21FN2O. The molecule has 2 saturated heterocycles. The summed E-state index contributed by atoms with van der Waals surface area (Å²) in [6.07, 6.45) is 4.81. The fraction of sp³-hybridized carbons (Fsp3) is 0.600. The maximum Gasteiger partial charge on any atom is 0.146 e. The minimum Gasteiger partial charge on any atom is -0.497 e. The second-order valence-corrected chi connectivity index (χ2v) is 5.54. The Hall–Kier alpha value is -1.29. The number of halogens is 1. The van der Waals surface area contributed by atoms with E-state index in [4.69, 9.17) is 4.74 Å². The van der Waals surface area contributed by atoms with E-state index in [0.717, 1.165) is 19.4 Å². The molecule has 1 aromatic rings. The highest BCUT2D eigenvalue weighted by atomic mass is 19.1. The standard InChI is InChI=1S/C15H21FN2O/c1-19-13-4-5-14(16)15(10-13)17-11-6-8-18-7-2-3-12(18)9-11/h4-5,10-12,17H,2-3,6-9H2,1H3. The van der Waals surface area contributed by atoms with Crippen molar-refractivity contribution in [1.82, 2.24) is 4.90 Å². The van der Waals surface area contributed by atoms with Crippen LogP contribution in [0.2, 0.25) is 0 Å². The molecule has 2 aliphatic heterocycles. The maximum atomic E-state index is 13.8. The first kappa shape index (κ1) is 12.7. The van der Waals surface area contributed by atoms with Gasteiger partial charge in [0.15, 0.2) is 0 Å². The normalized spacial score (nSPS) is 27.1. The average molecular weight is 264 g/mol. The van der Waals surface area contributed by atoms with E-state index in [2.05, 4.69) is 10.2 Å². The molecule has 19 heavy (non-hydrogen) atoms. The molecule has 3 rings (SSSR count). The number of hydrogen-bond donors (Lipinski definition) is 1. The number of nitrogens with one attached hydrogen (secondary N) is 1. The highest BCUT2D eigenvalue weighted by molar-refractivity contribution is 5.50. The minimum absolute atomic E-state index is 0.199. The fourth-order valence-corrected chi connectivity index (χ4v) is 3.32. The number of hydrogen-bond acceptors (Lipinski definition) is 3. The van der Waals surface area contributed by atoms with Gasteiger partial charge in [-0.15, -0.1) is 0 Å². The van der Waals surface area contributed by atoms with Crippen molar-refractivity contribution < 1.29 is 9.13 Å². The van der Waals surface area contributed by atoms with E-state index >= 15 is 0 Å². The monoisotopic (exact) mass is 264 g/mol. The van der Waals surface area contributed by atoms with Crippen LogP contribution in [0.15, 0.2) is 18.2 Å². The summed E-state index contributed by atoms with van der Waals surface area (Å²) in [7, 11) is 1.61. The number of methoxy groups -OCH3 is 1. The van der Waals surface area contributed by atoms with Crippen molar-refractivity contribution in [2.75, 3.05) is 25.5 Å². The van der Waals surface area contributed by atoms with Crippen LogP contribution in [0, 0.1) is 5.82 Å². The molecule has 1 N–H and O–H groups in total. The molecule has 2 unspecified atom stereocenters. The van der Waals surface area contributed by atoms with E-state index in [0.29, 0.717) is 23.5 Å². The first-order valence-corrected chi connectivity index (χ1v) is 7.10. The second kappa shape index (κ2) is 5.37. The number of anilines is 1. The van der Waals surface area contributed by atoms with Crippen LogP contribution in [0.4, 0.5) is 10.1 Å². The molecule has 0 saturated carbocycles. The zero-order valence-corrected chi connectivity index (χ0v) is 11.4. The van der Waals surface area contributed by atoms with Gasteiger partial charge in [-0.1, -0.05) is 0 Å². The SMILES string of the molecule is COc1ccc(F)c(NC2CCN3CCCC3C2)c1. The summed E-state index contributed by atoms with van der Waals surface area (Å²) >= 11 is 0. The van der Waals surface area contributed by atoms with Crippen molar-refractivity contribution in [3.8, 4) is 5.75 Å². The number of piperidine rings is 1. The van der Waals surface area contributed by atoms with Gasteiger partial charge in [-0.05, 0) is 44.4 Å². The van der Waals surface area contributed by atoms with Gasteiger partial charge in [0, 0.05) is 24.7 Å². The highest BCUT2D eigenvalue weighted by Gasteiger charge is 2.31. The van der Waals surface area contributed by atoms with Gasteiger partial charge >= 0.3 is 0 Å². The molecule has 1 aromatic carbocycles. The molecule has 2 heterocycles. The first-order chi connectivity index (χ1) is 9.26. The summed E-state index contributed by atoms with van der Waals surface area (Å²) in [6, 6.07) is 5.93. The van der Waals surface area contributed by atoms with Gasteiger partial charge in [0.2, 0.25) is 0 Å². The molecule has 2 fully saturated rings. The Labute approximate surface area is 113 Å². The summed E-state index contributed by atoms with van der Waals surface area (Å²) in [4.78, 5) is 2.57. The lowest BCUT2D eigenvalue weighted by molar-refractivity contribution is 0.188. The zero-order valence-electron chi connectivity index (χ0n) is 11.4. The molecule has 2 aliphatic rings. The van der Waals surface area contributed by atoms with Crippen LogP contribution in [-0.4, -0.2) is 37.2 Å². The third-order valence-corrected chi connectivity index (χ3v) is 4.35. The smallest absolute Gasteiger partial charge is 0.146 e. The van der Waals surface area contributed by atoms with E-state index in [1.165, 1.54) is 25.5 Å². The molecule has 104 valence electrons. The van der Waals surface area contributed by atoms with Gasteiger partial charge in [-0.2, -0.15) is 0 Å². The van der Waals surface area contributed by atoms with Gasteiger partial charge in [-0.25, -0.2) is 4.39 Å². The van der Waals surface area contributed by atoms with Gasteiger partial charge in [0.05, 0.1) is 12.8 Å². The van der Waals surface area contributed by atoms with Crippen LogP contribution in [-0.2, 0) is 0 Å². The van der Waals surface area contributed by atoms with E-state index < -0.39 is 0 Å². The van der Waals surface area contributed by atoms with E-state index in [1.54, 1.807) is 19.2 Å². The number of nitrogens with zero attached hydrogens (tertiary/aromatic N) is 1. The Morgan fingerprint density at radius 2 is 2.21 bits per heavy atom. The number of benzene rings is 1. The molecule has 3 nitrogen and oxygen atoms in total.